The second-order valence-electron chi connectivity index (χ2n) is 4.74. The topological polar surface area (TPSA) is 99.7 Å². The second kappa shape index (κ2) is 6.33. The molecule has 0 spiro atoms. The van der Waals surface area contributed by atoms with Gasteiger partial charge in [0.2, 0.25) is 5.91 Å². The number of amides is 1. The van der Waals surface area contributed by atoms with Crippen LogP contribution in [0.4, 0.5) is 4.39 Å². The predicted molar refractivity (Wildman–Crippen MR) is 71.8 cm³/mol. The van der Waals surface area contributed by atoms with E-state index in [9.17, 15) is 9.18 Å². The van der Waals surface area contributed by atoms with Crippen LogP contribution in [0.25, 0.3) is 0 Å². The van der Waals surface area contributed by atoms with Crippen molar-refractivity contribution in [1.82, 2.24) is 10.6 Å². The number of hydrogen-bond acceptors (Lipinski definition) is 4. The number of nitrogens with zero attached hydrogens (tertiary/aromatic N) is 1. The molecule has 2 rings (SSSR count). The summed E-state index contributed by atoms with van der Waals surface area (Å²) in [7, 11) is 0. The van der Waals surface area contributed by atoms with Gasteiger partial charge in [-0.05, 0) is 18.9 Å². The zero-order valence-corrected chi connectivity index (χ0v) is 10.9. The molecular weight excluding hydrogens is 263 g/mol. The van der Waals surface area contributed by atoms with Gasteiger partial charge in [-0.2, -0.15) is 0 Å². The van der Waals surface area contributed by atoms with E-state index in [-0.39, 0.29) is 24.8 Å². The predicted octanol–water partition coefficient (Wildman–Crippen LogP) is 0.288. The highest BCUT2D eigenvalue weighted by atomic mass is 19.1. The molecule has 5 N–H and O–H groups in total. The van der Waals surface area contributed by atoms with E-state index in [1.165, 1.54) is 12.1 Å². The van der Waals surface area contributed by atoms with Crippen molar-refractivity contribution in [3.05, 3.63) is 35.1 Å². The molecule has 0 unspecified atom stereocenters. The molecule has 1 amide bonds. The number of nitrogens with one attached hydrogen (secondary N) is 2. The van der Waals surface area contributed by atoms with E-state index in [0.29, 0.717) is 17.2 Å². The molecule has 1 fully saturated rings. The molecule has 0 aromatic heterocycles. The number of halogens is 1. The quantitative estimate of drug-likeness (QED) is 0.260. The first-order valence-corrected chi connectivity index (χ1v) is 6.36. The zero-order chi connectivity index (χ0) is 14.5. The van der Waals surface area contributed by atoms with Crippen LogP contribution in [0.1, 0.15) is 24.0 Å². The maximum atomic E-state index is 13.8. The molecule has 0 bridgehead atoms. The Balaban J connectivity index is 1.84. The number of carbonyl (C=O) groups is 1. The van der Waals surface area contributed by atoms with Crippen LogP contribution in [-0.2, 0) is 11.3 Å². The largest absolute Gasteiger partial charge is 0.409 e. The van der Waals surface area contributed by atoms with Gasteiger partial charge in [0.05, 0.1) is 6.54 Å². The highest BCUT2D eigenvalue weighted by Gasteiger charge is 2.22. The lowest BCUT2D eigenvalue weighted by molar-refractivity contribution is -0.120. The third-order valence-electron chi connectivity index (χ3n) is 3.00. The number of amidine groups is 1. The van der Waals surface area contributed by atoms with E-state index in [0.717, 1.165) is 12.8 Å². The zero-order valence-electron chi connectivity index (χ0n) is 10.9. The average molecular weight is 280 g/mol. The summed E-state index contributed by atoms with van der Waals surface area (Å²) in [6.45, 7) is 0.387. The maximum absolute atomic E-state index is 13.8. The number of oxime groups is 1. The molecule has 0 radical (unpaired) electrons. The maximum Gasteiger partial charge on any atom is 0.234 e. The van der Waals surface area contributed by atoms with Gasteiger partial charge in [-0.1, -0.05) is 17.3 Å². The standard InChI is InChI=1S/C13H17FN4O2/c14-11-5-8(13(15)18-20)1-2-9(11)6-16-7-12(19)17-10-3-4-10/h1-2,5,10,16,20H,3-4,6-7H2,(H2,15,18)(H,17,19). The fraction of sp³-hybridized carbons (Fsp3) is 0.385. The number of nitrogens with two attached hydrogens (primary N) is 1. The summed E-state index contributed by atoms with van der Waals surface area (Å²) in [4.78, 5) is 11.4. The number of rotatable bonds is 6. The van der Waals surface area contributed by atoms with E-state index in [4.69, 9.17) is 10.9 Å². The molecule has 0 saturated heterocycles. The molecule has 1 aliphatic rings. The Kier molecular flexibility index (Phi) is 4.52. The summed E-state index contributed by atoms with van der Waals surface area (Å²) in [5.74, 6) is -0.697. The molecule has 6 nitrogen and oxygen atoms in total. The molecule has 0 aliphatic heterocycles. The van der Waals surface area contributed by atoms with Crippen molar-refractivity contribution in [3.8, 4) is 0 Å². The summed E-state index contributed by atoms with van der Waals surface area (Å²) < 4.78 is 13.8. The molecule has 0 heterocycles. The van der Waals surface area contributed by atoms with Gasteiger partial charge in [-0.15, -0.1) is 0 Å². The average Bonchev–Trinajstić information content (AvgIpc) is 3.23. The Hall–Kier alpha value is -2.15. The lowest BCUT2D eigenvalue weighted by atomic mass is 10.1. The van der Waals surface area contributed by atoms with Crippen LogP contribution in [0.3, 0.4) is 0 Å². The Morgan fingerprint density at radius 3 is 2.85 bits per heavy atom. The van der Waals surface area contributed by atoms with Gasteiger partial charge < -0.3 is 21.6 Å². The number of benzene rings is 1. The van der Waals surface area contributed by atoms with E-state index in [1.54, 1.807) is 6.07 Å². The van der Waals surface area contributed by atoms with Crippen molar-refractivity contribution >= 4 is 11.7 Å². The smallest absolute Gasteiger partial charge is 0.234 e. The van der Waals surface area contributed by atoms with Gasteiger partial charge in [0.25, 0.3) is 0 Å². The van der Waals surface area contributed by atoms with Crippen LogP contribution in [0.5, 0.6) is 0 Å². The van der Waals surface area contributed by atoms with Crippen molar-refractivity contribution in [1.29, 1.82) is 0 Å². The van der Waals surface area contributed by atoms with Crippen molar-refractivity contribution < 1.29 is 14.4 Å². The summed E-state index contributed by atoms with van der Waals surface area (Å²) in [6.07, 6.45) is 2.07. The second-order valence-corrected chi connectivity index (χ2v) is 4.74. The molecule has 1 aromatic carbocycles. The number of carbonyl (C=O) groups excluding carboxylic acids is 1. The van der Waals surface area contributed by atoms with Gasteiger partial charge in [-0.3, -0.25) is 4.79 Å². The van der Waals surface area contributed by atoms with Gasteiger partial charge in [0.15, 0.2) is 5.84 Å². The summed E-state index contributed by atoms with van der Waals surface area (Å²) in [6, 6.07) is 4.60. The van der Waals surface area contributed by atoms with Crippen LogP contribution in [0.15, 0.2) is 23.4 Å². The molecule has 1 aliphatic carbocycles. The van der Waals surface area contributed by atoms with Crippen molar-refractivity contribution in [3.63, 3.8) is 0 Å². The third kappa shape index (κ3) is 3.92. The van der Waals surface area contributed by atoms with Crippen molar-refractivity contribution in [2.24, 2.45) is 10.9 Å². The Bertz CT molecular complexity index is 529. The minimum absolute atomic E-state index is 0.0822. The molecule has 7 heteroatoms. The van der Waals surface area contributed by atoms with Gasteiger partial charge in [0.1, 0.15) is 5.82 Å². The fourth-order valence-electron chi connectivity index (χ4n) is 1.72. The Labute approximate surface area is 115 Å². The SMILES string of the molecule is NC(=NO)c1ccc(CNCC(=O)NC2CC2)c(F)c1. The molecule has 1 saturated carbocycles. The summed E-state index contributed by atoms with van der Waals surface area (Å²) in [5, 5.41) is 17.0. The molecule has 1 aromatic rings. The fourth-order valence-corrected chi connectivity index (χ4v) is 1.72. The van der Waals surface area contributed by atoms with Crippen LogP contribution in [0, 0.1) is 5.82 Å². The summed E-state index contributed by atoms with van der Waals surface area (Å²) in [5.41, 5.74) is 6.09. The van der Waals surface area contributed by atoms with Crippen LogP contribution >= 0.6 is 0 Å². The molecular formula is C13H17FN4O2. The molecule has 20 heavy (non-hydrogen) atoms. The van der Waals surface area contributed by atoms with E-state index in [1.807, 2.05) is 0 Å². The van der Waals surface area contributed by atoms with Crippen molar-refractivity contribution in [2.45, 2.75) is 25.4 Å². The normalized spacial score (nSPS) is 15.2. The lowest BCUT2D eigenvalue weighted by Gasteiger charge is -2.08. The van der Waals surface area contributed by atoms with Crippen LogP contribution in [-0.4, -0.2) is 29.5 Å². The van der Waals surface area contributed by atoms with Gasteiger partial charge in [0, 0.05) is 23.7 Å². The number of hydrogen-bond donors (Lipinski definition) is 4. The first-order chi connectivity index (χ1) is 9.60. The first-order valence-electron chi connectivity index (χ1n) is 6.36. The lowest BCUT2D eigenvalue weighted by Crippen LogP contribution is -2.34. The summed E-state index contributed by atoms with van der Waals surface area (Å²) >= 11 is 0. The van der Waals surface area contributed by atoms with E-state index in [2.05, 4.69) is 15.8 Å². The highest BCUT2D eigenvalue weighted by Crippen LogP contribution is 2.18. The Morgan fingerprint density at radius 2 is 2.25 bits per heavy atom. The minimum Gasteiger partial charge on any atom is -0.409 e. The highest BCUT2D eigenvalue weighted by molar-refractivity contribution is 5.97. The third-order valence-corrected chi connectivity index (χ3v) is 3.00. The first kappa shape index (κ1) is 14.3. The van der Waals surface area contributed by atoms with Crippen LogP contribution < -0.4 is 16.4 Å². The van der Waals surface area contributed by atoms with Gasteiger partial charge >= 0.3 is 0 Å². The molecule has 108 valence electrons. The van der Waals surface area contributed by atoms with E-state index < -0.39 is 5.82 Å². The Morgan fingerprint density at radius 1 is 1.50 bits per heavy atom. The minimum atomic E-state index is -0.468. The van der Waals surface area contributed by atoms with Crippen LogP contribution in [0.2, 0.25) is 0 Å². The monoisotopic (exact) mass is 280 g/mol. The van der Waals surface area contributed by atoms with Gasteiger partial charge in [-0.25, -0.2) is 4.39 Å². The molecule has 0 atom stereocenters. The van der Waals surface area contributed by atoms with Crippen molar-refractivity contribution in [2.75, 3.05) is 6.54 Å². The van der Waals surface area contributed by atoms with E-state index >= 15 is 0 Å².